The zero-order valence-corrected chi connectivity index (χ0v) is 13.8. The van der Waals surface area contributed by atoms with Gasteiger partial charge in [0.15, 0.2) is 0 Å². The highest BCUT2D eigenvalue weighted by Gasteiger charge is 2.27. The Morgan fingerprint density at radius 2 is 2.05 bits per heavy atom. The minimum Gasteiger partial charge on any atom is -0.495 e. The molecule has 0 bridgehead atoms. The highest BCUT2D eigenvalue weighted by Crippen LogP contribution is 2.34. The molecule has 6 nitrogen and oxygen atoms in total. The molecule has 0 saturated heterocycles. The fourth-order valence-electron chi connectivity index (χ4n) is 1.72. The van der Waals surface area contributed by atoms with Crippen LogP contribution in [0.1, 0.15) is 0 Å². The molecular weight excluding hydrogens is 358 g/mol. The topological polar surface area (TPSA) is 85.5 Å². The maximum Gasteiger partial charge on any atom is 0.269 e. The number of pyridine rings is 1. The smallest absolute Gasteiger partial charge is 0.269 e. The van der Waals surface area contributed by atoms with E-state index in [4.69, 9.17) is 10.5 Å². The van der Waals surface area contributed by atoms with Gasteiger partial charge in [-0.25, -0.2) is 13.4 Å². The monoisotopic (exact) mass is 371 g/mol. The number of nitrogens with zero attached hydrogens (tertiary/aromatic N) is 2. The van der Waals surface area contributed by atoms with Crippen molar-refractivity contribution < 1.29 is 13.2 Å². The quantitative estimate of drug-likeness (QED) is 0.833. The summed E-state index contributed by atoms with van der Waals surface area (Å²) in [6, 6.07) is 7.90. The normalized spacial score (nSPS) is 11.2. The number of aromatic nitrogens is 1. The van der Waals surface area contributed by atoms with Crippen molar-refractivity contribution in [3.8, 4) is 5.75 Å². The second-order valence-electron chi connectivity index (χ2n) is 4.19. The van der Waals surface area contributed by atoms with Crippen molar-refractivity contribution in [1.29, 1.82) is 0 Å². The summed E-state index contributed by atoms with van der Waals surface area (Å²) in [6.45, 7) is 0. The van der Waals surface area contributed by atoms with E-state index in [2.05, 4.69) is 20.9 Å². The number of nitrogens with two attached hydrogens (primary N) is 1. The number of hydrogen-bond donors (Lipinski definition) is 1. The summed E-state index contributed by atoms with van der Waals surface area (Å²) in [4.78, 5) is 4.02. The van der Waals surface area contributed by atoms with Gasteiger partial charge in [0.2, 0.25) is 0 Å². The first-order valence-corrected chi connectivity index (χ1v) is 8.14. The fraction of sp³-hybridized carbons (Fsp3) is 0.154. The number of methoxy groups -OCH3 is 1. The standard InChI is InChI=1S/C13H14BrN3O3S/c1-17(13-5-3-4-6-16-13)21(18,19)12-8-10(15)9(14)7-11(12)20-2/h3-8H,15H2,1-2H3. The summed E-state index contributed by atoms with van der Waals surface area (Å²) < 4.78 is 32.2. The van der Waals surface area contributed by atoms with Gasteiger partial charge in [0.05, 0.1) is 7.11 Å². The molecule has 2 aromatic rings. The second-order valence-corrected chi connectivity index (χ2v) is 6.98. The van der Waals surface area contributed by atoms with Crippen LogP contribution >= 0.6 is 15.9 Å². The molecule has 0 saturated carbocycles. The highest BCUT2D eigenvalue weighted by molar-refractivity contribution is 9.10. The van der Waals surface area contributed by atoms with Crippen LogP contribution in [0.2, 0.25) is 0 Å². The van der Waals surface area contributed by atoms with Crippen molar-refractivity contribution in [2.75, 3.05) is 24.2 Å². The minimum absolute atomic E-state index is 0.0150. The van der Waals surface area contributed by atoms with E-state index >= 15 is 0 Å². The molecule has 0 aliphatic rings. The van der Waals surface area contributed by atoms with Crippen LogP contribution in [0.25, 0.3) is 0 Å². The van der Waals surface area contributed by atoms with Crippen molar-refractivity contribution in [2.45, 2.75) is 4.90 Å². The molecule has 0 fully saturated rings. The summed E-state index contributed by atoms with van der Waals surface area (Å²) in [5.41, 5.74) is 6.09. The van der Waals surface area contributed by atoms with Gasteiger partial charge in [0.1, 0.15) is 16.5 Å². The van der Waals surface area contributed by atoms with E-state index in [9.17, 15) is 8.42 Å². The Morgan fingerprint density at radius 1 is 1.33 bits per heavy atom. The largest absolute Gasteiger partial charge is 0.495 e. The molecule has 2 N–H and O–H groups in total. The number of hydrogen-bond acceptors (Lipinski definition) is 5. The van der Waals surface area contributed by atoms with Crippen molar-refractivity contribution in [2.24, 2.45) is 0 Å². The SMILES string of the molecule is COc1cc(Br)c(N)cc1S(=O)(=O)N(C)c1ccccn1. The predicted molar refractivity (Wildman–Crippen MR) is 84.9 cm³/mol. The Hall–Kier alpha value is -1.80. The van der Waals surface area contributed by atoms with Gasteiger partial charge in [-0.3, -0.25) is 4.31 Å². The first-order valence-electron chi connectivity index (χ1n) is 5.91. The molecule has 21 heavy (non-hydrogen) atoms. The van der Waals surface area contributed by atoms with E-state index in [0.717, 1.165) is 4.31 Å². The molecule has 0 aliphatic heterocycles. The van der Waals surface area contributed by atoms with Crippen molar-refractivity contribution in [1.82, 2.24) is 4.98 Å². The Kier molecular flexibility index (Phi) is 4.38. The second kappa shape index (κ2) is 5.90. The molecule has 112 valence electrons. The molecule has 0 atom stereocenters. The van der Waals surface area contributed by atoms with Crippen LogP contribution in [0.3, 0.4) is 0 Å². The number of anilines is 2. The van der Waals surface area contributed by atoms with Crippen molar-refractivity contribution >= 4 is 37.5 Å². The van der Waals surface area contributed by atoms with E-state index < -0.39 is 10.0 Å². The molecule has 1 aromatic carbocycles. The zero-order valence-electron chi connectivity index (χ0n) is 11.4. The molecule has 2 rings (SSSR count). The molecule has 0 aliphatic carbocycles. The van der Waals surface area contributed by atoms with E-state index in [1.54, 1.807) is 18.2 Å². The molecular formula is C13H14BrN3O3S. The number of benzene rings is 1. The maximum absolute atomic E-state index is 12.7. The molecule has 0 radical (unpaired) electrons. The predicted octanol–water partition coefficient (Wildman–Crippen LogP) is 2.26. The number of ether oxygens (including phenoxy) is 1. The van der Waals surface area contributed by atoms with Crippen LogP contribution in [-0.4, -0.2) is 27.6 Å². The molecule has 0 spiro atoms. The third-order valence-corrected chi connectivity index (χ3v) is 5.36. The van der Waals surface area contributed by atoms with Crippen LogP contribution in [0, 0.1) is 0 Å². The zero-order chi connectivity index (χ0) is 15.6. The summed E-state index contributed by atoms with van der Waals surface area (Å²) in [5, 5.41) is 0. The molecule has 0 amide bonds. The van der Waals surface area contributed by atoms with Gasteiger partial charge < -0.3 is 10.5 Å². The Bertz CT molecular complexity index is 751. The number of nitrogen functional groups attached to an aromatic ring is 1. The van der Waals surface area contributed by atoms with E-state index in [0.29, 0.717) is 16.0 Å². The molecule has 1 heterocycles. The molecule has 8 heteroatoms. The van der Waals surface area contributed by atoms with Crippen LogP contribution < -0.4 is 14.8 Å². The lowest BCUT2D eigenvalue weighted by molar-refractivity contribution is 0.402. The Morgan fingerprint density at radius 3 is 2.62 bits per heavy atom. The average molecular weight is 372 g/mol. The fourth-order valence-corrected chi connectivity index (χ4v) is 3.37. The van der Waals surface area contributed by atoms with Crippen molar-refractivity contribution in [3.05, 3.63) is 41.0 Å². The van der Waals surface area contributed by atoms with Gasteiger partial charge in [0, 0.05) is 23.4 Å². The van der Waals surface area contributed by atoms with Crippen LogP contribution in [0.5, 0.6) is 5.75 Å². The lowest BCUT2D eigenvalue weighted by Crippen LogP contribution is -2.27. The summed E-state index contributed by atoms with van der Waals surface area (Å²) in [7, 11) is -1.00. The highest BCUT2D eigenvalue weighted by atomic mass is 79.9. The molecule has 1 aromatic heterocycles. The van der Waals surface area contributed by atoms with Crippen LogP contribution in [-0.2, 0) is 10.0 Å². The van der Waals surface area contributed by atoms with E-state index in [-0.39, 0.29) is 10.6 Å². The van der Waals surface area contributed by atoms with Gasteiger partial charge >= 0.3 is 0 Å². The Labute approximate surface area is 131 Å². The number of sulfonamides is 1. The van der Waals surface area contributed by atoms with Gasteiger partial charge in [0.25, 0.3) is 10.0 Å². The van der Waals surface area contributed by atoms with Gasteiger partial charge in [-0.1, -0.05) is 6.07 Å². The first-order chi connectivity index (χ1) is 9.87. The Balaban J connectivity index is 2.57. The summed E-state index contributed by atoms with van der Waals surface area (Å²) >= 11 is 3.24. The summed E-state index contributed by atoms with van der Waals surface area (Å²) in [6.07, 6.45) is 1.52. The summed E-state index contributed by atoms with van der Waals surface area (Å²) in [5.74, 6) is 0.514. The molecule has 0 unspecified atom stereocenters. The lowest BCUT2D eigenvalue weighted by atomic mass is 10.3. The lowest BCUT2D eigenvalue weighted by Gasteiger charge is -2.20. The average Bonchev–Trinajstić information content (AvgIpc) is 2.49. The first kappa shape index (κ1) is 15.6. The van der Waals surface area contributed by atoms with Gasteiger partial charge in [-0.2, -0.15) is 0 Å². The van der Waals surface area contributed by atoms with Crippen LogP contribution in [0.15, 0.2) is 45.9 Å². The third-order valence-electron chi connectivity index (χ3n) is 2.89. The van der Waals surface area contributed by atoms with Gasteiger partial charge in [-0.15, -0.1) is 0 Å². The van der Waals surface area contributed by atoms with E-state index in [1.165, 1.54) is 32.5 Å². The van der Waals surface area contributed by atoms with Gasteiger partial charge in [-0.05, 0) is 40.2 Å². The number of rotatable bonds is 4. The number of halogens is 1. The minimum atomic E-state index is -3.83. The van der Waals surface area contributed by atoms with Crippen molar-refractivity contribution in [3.63, 3.8) is 0 Å². The van der Waals surface area contributed by atoms with Crippen LogP contribution in [0.4, 0.5) is 11.5 Å². The van der Waals surface area contributed by atoms with E-state index in [1.807, 2.05) is 0 Å². The third kappa shape index (κ3) is 2.96. The maximum atomic E-state index is 12.7.